The maximum Gasteiger partial charge on any atom is 0.262 e. The predicted molar refractivity (Wildman–Crippen MR) is 156 cm³/mol. The Labute approximate surface area is 242 Å². The van der Waals surface area contributed by atoms with Crippen LogP contribution in [0.15, 0.2) is 48.4 Å². The minimum atomic E-state index is -2.51. The quantitative estimate of drug-likeness (QED) is 0.240. The maximum absolute atomic E-state index is 13.9. The first kappa shape index (κ1) is 28.4. The van der Waals surface area contributed by atoms with Crippen LogP contribution in [0.2, 0.25) is 5.02 Å². The fraction of sp³-hybridized carbons (Fsp3) is 0.367. The second-order valence-corrected chi connectivity index (χ2v) is 12.1. The molecule has 1 aliphatic carbocycles. The van der Waals surface area contributed by atoms with Gasteiger partial charge in [-0.15, -0.1) is 5.53 Å². The van der Waals surface area contributed by atoms with E-state index in [0.717, 1.165) is 11.1 Å². The van der Waals surface area contributed by atoms with E-state index in [0.29, 0.717) is 63.5 Å². The number of pyridine rings is 1. The number of fused-ring (bicyclic) bond motifs is 1. The molecule has 0 radical (unpaired) electrons. The van der Waals surface area contributed by atoms with Crippen LogP contribution in [-0.4, -0.2) is 28.5 Å². The number of nitriles is 2. The minimum Gasteiger partial charge on any atom is -0.383 e. The number of hydrogen-bond donors (Lipinski definition) is 4. The summed E-state index contributed by atoms with van der Waals surface area (Å²) in [6, 6.07) is 12.9. The van der Waals surface area contributed by atoms with Crippen molar-refractivity contribution in [2.75, 3.05) is 17.2 Å². The lowest BCUT2D eigenvalue weighted by atomic mass is 9.95. The van der Waals surface area contributed by atoms with Crippen molar-refractivity contribution in [3.05, 3.63) is 75.7 Å². The van der Waals surface area contributed by atoms with Crippen molar-refractivity contribution in [1.82, 2.24) is 21.0 Å². The highest BCUT2D eigenvalue weighted by atomic mass is 35.5. The largest absolute Gasteiger partial charge is 0.383 e. The molecule has 1 aromatic heterocycles. The van der Waals surface area contributed by atoms with Crippen LogP contribution >= 0.6 is 11.6 Å². The first-order valence-corrected chi connectivity index (χ1v) is 13.7. The Balaban J connectivity index is 1.60. The third-order valence-corrected chi connectivity index (χ3v) is 7.80. The second kappa shape index (κ2) is 10.7. The predicted octanol–water partition coefficient (Wildman–Crippen LogP) is 6.52. The number of benzene rings is 2. The van der Waals surface area contributed by atoms with E-state index < -0.39 is 18.0 Å². The molecular formula is C30H31ClF2N8. The SMILES string of the molecule is Cc1c(C#N)cccc1[C@H](Nc1cc(Cl)c2ncc(C#N)c(NCC(C)(C)C)c2c1)C1=CN(C2(C(F)F)CC2)NN1. The summed E-state index contributed by atoms with van der Waals surface area (Å²) >= 11 is 6.72. The van der Waals surface area contributed by atoms with Gasteiger partial charge in [-0.1, -0.05) is 44.5 Å². The molecule has 0 spiro atoms. The lowest BCUT2D eigenvalue weighted by Gasteiger charge is -2.25. The van der Waals surface area contributed by atoms with Crippen molar-refractivity contribution < 1.29 is 8.78 Å². The van der Waals surface area contributed by atoms with E-state index in [1.807, 2.05) is 19.1 Å². The zero-order valence-corrected chi connectivity index (χ0v) is 24.0. The van der Waals surface area contributed by atoms with Crippen molar-refractivity contribution in [3.8, 4) is 12.1 Å². The molecule has 8 nitrogen and oxygen atoms in total. The fourth-order valence-electron chi connectivity index (χ4n) is 4.96. The number of halogens is 3. The molecule has 2 heterocycles. The van der Waals surface area contributed by atoms with Crippen LogP contribution in [0.25, 0.3) is 10.9 Å². The molecule has 5 rings (SSSR count). The van der Waals surface area contributed by atoms with E-state index >= 15 is 0 Å². The normalized spacial score (nSPS) is 16.5. The number of alkyl halides is 2. The molecule has 0 bridgehead atoms. The molecule has 1 atom stereocenters. The molecule has 4 N–H and O–H groups in total. The van der Waals surface area contributed by atoms with Crippen molar-refractivity contribution in [3.63, 3.8) is 0 Å². The first-order valence-electron chi connectivity index (χ1n) is 13.3. The lowest BCUT2D eigenvalue weighted by Crippen LogP contribution is -2.48. The maximum atomic E-state index is 13.9. The molecule has 0 saturated heterocycles. The molecule has 0 unspecified atom stereocenters. The molecule has 1 saturated carbocycles. The van der Waals surface area contributed by atoms with Gasteiger partial charge in [-0.05, 0) is 54.5 Å². The molecule has 1 fully saturated rings. The number of nitrogens with zero attached hydrogens (tertiary/aromatic N) is 4. The van der Waals surface area contributed by atoms with E-state index in [2.05, 4.69) is 59.5 Å². The summed E-state index contributed by atoms with van der Waals surface area (Å²) in [6.45, 7) is 8.75. The van der Waals surface area contributed by atoms with Gasteiger partial charge in [0, 0.05) is 30.0 Å². The number of rotatable bonds is 8. The zero-order chi connectivity index (χ0) is 29.5. The van der Waals surface area contributed by atoms with Crippen LogP contribution in [0.3, 0.4) is 0 Å². The van der Waals surface area contributed by atoms with E-state index in [1.54, 1.807) is 24.4 Å². The van der Waals surface area contributed by atoms with Gasteiger partial charge in [0.15, 0.2) is 0 Å². The standard InChI is InChI=1S/C30H31ClF2N8/c1-17-18(12-34)6-5-7-21(17)27(24-15-41(40-39-24)30(8-9-30)28(32)33)38-20-10-22-25(37-16-29(2,3)4)19(13-35)14-36-26(22)23(31)11-20/h5-7,10-11,14-15,27-28,38-40H,8-9,16H2,1-4H3,(H,36,37)/t27-/m0/s1. The lowest BCUT2D eigenvalue weighted by molar-refractivity contribution is 0.00911. The highest BCUT2D eigenvalue weighted by Gasteiger charge is 2.56. The average molecular weight is 577 g/mol. The molecule has 1 aliphatic heterocycles. The number of aromatic nitrogens is 1. The molecule has 2 aromatic carbocycles. The summed E-state index contributed by atoms with van der Waals surface area (Å²) in [6.07, 6.45) is 1.41. The Morgan fingerprint density at radius 2 is 1.90 bits per heavy atom. The van der Waals surface area contributed by atoms with E-state index in [4.69, 9.17) is 11.6 Å². The molecular weight excluding hydrogens is 546 g/mol. The summed E-state index contributed by atoms with van der Waals surface area (Å²) in [5, 5.41) is 28.9. The molecule has 0 amide bonds. The summed E-state index contributed by atoms with van der Waals surface area (Å²) in [5.74, 6) is 0. The van der Waals surface area contributed by atoms with Gasteiger partial charge in [0.25, 0.3) is 6.43 Å². The molecule has 2 aliphatic rings. The van der Waals surface area contributed by atoms with E-state index in [1.165, 1.54) is 11.2 Å². The Kier molecular flexibility index (Phi) is 7.41. The van der Waals surface area contributed by atoms with Gasteiger partial charge in [0.1, 0.15) is 11.6 Å². The number of hydrazine groups is 2. The van der Waals surface area contributed by atoms with Gasteiger partial charge >= 0.3 is 0 Å². The fourth-order valence-corrected chi connectivity index (χ4v) is 5.22. The van der Waals surface area contributed by atoms with Crippen LogP contribution in [0.4, 0.5) is 20.2 Å². The number of anilines is 2. The summed E-state index contributed by atoms with van der Waals surface area (Å²) in [5.41, 5.74) is 9.53. The van der Waals surface area contributed by atoms with Gasteiger partial charge in [0.05, 0.1) is 45.2 Å². The van der Waals surface area contributed by atoms with Crippen molar-refractivity contribution in [2.24, 2.45) is 5.41 Å². The Morgan fingerprint density at radius 1 is 1.17 bits per heavy atom. The van der Waals surface area contributed by atoms with E-state index in [-0.39, 0.29) is 5.41 Å². The van der Waals surface area contributed by atoms with Crippen molar-refractivity contribution in [1.29, 1.82) is 10.5 Å². The number of hydrogen-bond acceptors (Lipinski definition) is 8. The van der Waals surface area contributed by atoms with Crippen molar-refractivity contribution in [2.45, 2.75) is 58.5 Å². The molecule has 212 valence electrons. The van der Waals surface area contributed by atoms with Crippen LogP contribution in [0, 0.1) is 35.0 Å². The van der Waals surface area contributed by atoms with Crippen LogP contribution < -0.4 is 21.6 Å². The number of nitrogens with one attached hydrogen (secondary N) is 4. The van der Waals surface area contributed by atoms with Crippen LogP contribution in [0.1, 0.15) is 61.9 Å². The van der Waals surface area contributed by atoms with Gasteiger partial charge in [-0.3, -0.25) is 9.99 Å². The highest BCUT2D eigenvalue weighted by molar-refractivity contribution is 6.35. The first-order chi connectivity index (χ1) is 19.5. The molecule has 3 aromatic rings. The van der Waals surface area contributed by atoms with Gasteiger partial charge in [-0.25, -0.2) is 8.78 Å². The third-order valence-electron chi connectivity index (χ3n) is 7.51. The molecule has 41 heavy (non-hydrogen) atoms. The highest BCUT2D eigenvalue weighted by Crippen LogP contribution is 2.47. The summed E-state index contributed by atoms with van der Waals surface area (Å²) in [4.78, 5) is 4.44. The van der Waals surface area contributed by atoms with Gasteiger partial charge < -0.3 is 16.1 Å². The molecule has 11 heteroatoms. The van der Waals surface area contributed by atoms with E-state index in [9.17, 15) is 19.3 Å². The monoisotopic (exact) mass is 576 g/mol. The topological polar surface area (TPSA) is 112 Å². The Bertz CT molecular complexity index is 1610. The van der Waals surface area contributed by atoms with Crippen LogP contribution in [-0.2, 0) is 0 Å². The Morgan fingerprint density at radius 3 is 2.54 bits per heavy atom. The van der Waals surface area contributed by atoms with Crippen LogP contribution in [0.5, 0.6) is 0 Å². The summed E-state index contributed by atoms with van der Waals surface area (Å²) < 4.78 is 27.8. The minimum absolute atomic E-state index is 0.0486. The smallest absolute Gasteiger partial charge is 0.262 e. The average Bonchev–Trinajstić information content (AvgIpc) is 3.60. The van der Waals surface area contributed by atoms with Gasteiger partial charge in [0.2, 0.25) is 0 Å². The third kappa shape index (κ3) is 5.46. The second-order valence-electron chi connectivity index (χ2n) is 11.7. The Hall–Kier alpha value is -4.12. The van der Waals surface area contributed by atoms with Gasteiger partial charge in [-0.2, -0.15) is 10.5 Å². The van der Waals surface area contributed by atoms with Crippen molar-refractivity contribution >= 4 is 33.9 Å². The zero-order valence-electron chi connectivity index (χ0n) is 23.2. The summed E-state index contributed by atoms with van der Waals surface area (Å²) in [7, 11) is 0.